The third-order valence-electron chi connectivity index (χ3n) is 2.84. The second-order valence-electron chi connectivity index (χ2n) is 3.99. The molecule has 2 N–H and O–H groups in total. The molecule has 0 amide bonds. The maximum atomic E-state index is 11.8. The molecule has 0 aromatic carbocycles. The van der Waals surface area contributed by atoms with Crippen molar-refractivity contribution in [3.8, 4) is 0 Å². The van der Waals surface area contributed by atoms with Crippen molar-refractivity contribution in [2.75, 3.05) is 12.4 Å². The molecule has 1 fully saturated rings. The number of hydrogen-bond donors (Lipinski definition) is 2. The Hall–Kier alpha value is -0.810. The van der Waals surface area contributed by atoms with E-state index in [1.54, 1.807) is 0 Å². The first-order valence-corrected chi connectivity index (χ1v) is 6.59. The minimum atomic E-state index is -0.0935. The number of aliphatic hydroxyl groups excluding tert-OH is 1. The fourth-order valence-corrected chi connectivity index (χ4v) is 3.20. The molecule has 88 valence electrons. The van der Waals surface area contributed by atoms with Crippen LogP contribution in [-0.2, 0) is 6.42 Å². The molecule has 0 bridgehead atoms. The number of thioether (sulfide) groups is 1. The summed E-state index contributed by atoms with van der Waals surface area (Å²) in [6.07, 6.45) is 2.66. The lowest BCUT2D eigenvalue weighted by Gasteiger charge is -2.10. The summed E-state index contributed by atoms with van der Waals surface area (Å²) >= 11 is 1.85. The minimum absolute atomic E-state index is 0.0108. The second-order valence-corrected chi connectivity index (χ2v) is 5.30. The molecule has 1 aromatic heterocycles. The van der Waals surface area contributed by atoms with Crippen LogP contribution in [-0.4, -0.2) is 27.4 Å². The summed E-state index contributed by atoms with van der Waals surface area (Å²) in [6.45, 7) is 1.83. The van der Waals surface area contributed by atoms with Crippen molar-refractivity contribution in [1.82, 2.24) is 9.97 Å². The normalized spacial score (nSPS) is 20.2. The zero-order chi connectivity index (χ0) is 11.5. The molecule has 4 nitrogen and oxygen atoms in total. The highest BCUT2D eigenvalue weighted by atomic mass is 32.2. The van der Waals surface area contributed by atoms with Crippen molar-refractivity contribution in [1.29, 1.82) is 0 Å². The molecule has 0 aliphatic carbocycles. The van der Waals surface area contributed by atoms with Crippen molar-refractivity contribution < 1.29 is 5.11 Å². The van der Waals surface area contributed by atoms with Crippen LogP contribution in [0, 0.1) is 6.92 Å². The van der Waals surface area contributed by atoms with Crippen LogP contribution in [0.1, 0.15) is 35.2 Å². The van der Waals surface area contributed by atoms with E-state index in [4.69, 9.17) is 5.11 Å². The average Bonchev–Trinajstić information content (AvgIpc) is 2.76. The number of aromatic amines is 1. The van der Waals surface area contributed by atoms with Gasteiger partial charge in [0.15, 0.2) is 0 Å². The molecular formula is C11H16N2O2S. The number of hydrogen-bond acceptors (Lipinski definition) is 4. The summed E-state index contributed by atoms with van der Waals surface area (Å²) in [5.74, 6) is 1.94. The molecule has 2 rings (SSSR count). The van der Waals surface area contributed by atoms with E-state index in [2.05, 4.69) is 9.97 Å². The quantitative estimate of drug-likeness (QED) is 0.832. The zero-order valence-electron chi connectivity index (χ0n) is 9.32. The van der Waals surface area contributed by atoms with Gasteiger partial charge in [0.1, 0.15) is 5.82 Å². The van der Waals surface area contributed by atoms with Crippen molar-refractivity contribution in [3.05, 3.63) is 27.4 Å². The third kappa shape index (κ3) is 2.30. The van der Waals surface area contributed by atoms with Crippen LogP contribution >= 0.6 is 11.8 Å². The highest BCUT2D eigenvalue weighted by Gasteiger charge is 2.21. The highest BCUT2D eigenvalue weighted by molar-refractivity contribution is 7.99. The molecule has 2 heterocycles. The predicted octanol–water partition coefficient (Wildman–Crippen LogP) is 1.18. The molecule has 1 aliphatic rings. The Morgan fingerprint density at radius 2 is 2.44 bits per heavy atom. The monoisotopic (exact) mass is 240 g/mol. The summed E-state index contributed by atoms with van der Waals surface area (Å²) in [5.41, 5.74) is 1.26. The number of nitrogens with zero attached hydrogens (tertiary/aromatic N) is 1. The largest absolute Gasteiger partial charge is 0.396 e. The number of aromatic nitrogens is 2. The van der Waals surface area contributed by atoms with Crippen LogP contribution < -0.4 is 5.56 Å². The average molecular weight is 240 g/mol. The van der Waals surface area contributed by atoms with E-state index < -0.39 is 0 Å². The van der Waals surface area contributed by atoms with E-state index in [9.17, 15) is 4.79 Å². The Morgan fingerprint density at radius 1 is 1.62 bits per heavy atom. The van der Waals surface area contributed by atoms with E-state index in [1.165, 1.54) is 6.42 Å². The van der Waals surface area contributed by atoms with E-state index in [0.29, 0.717) is 17.2 Å². The van der Waals surface area contributed by atoms with Crippen LogP contribution in [0.3, 0.4) is 0 Å². The molecular weight excluding hydrogens is 224 g/mol. The number of H-pyrrole nitrogens is 1. The number of rotatable bonds is 3. The van der Waals surface area contributed by atoms with Crippen molar-refractivity contribution in [2.24, 2.45) is 0 Å². The van der Waals surface area contributed by atoms with Crippen molar-refractivity contribution in [3.63, 3.8) is 0 Å². The minimum Gasteiger partial charge on any atom is -0.396 e. The third-order valence-corrected chi connectivity index (χ3v) is 4.22. The summed E-state index contributed by atoms with van der Waals surface area (Å²) in [7, 11) is 0. The molecule has 1 atom stereocenters. The zero-order valence-corrected chi connectivity index (χ0v) is 10.1. The summed E-state index contributed by atoms with van der Waals surface area (Å²) < 4.78 is 0. The van der Waals surface area contributed by atoms with Gasteiger partial charge in [-0.25, -0.2) is 4.98 Å². The summed E-state index contributed by atoms with van der Waals surface area (Å²) in [6, 6.07) is 0. The molecule has 5 heteroatoms. The lowest BCUT2D eigenvalue weighted by Crippen LogP contribution is -2.20. The van der Waals surface area contributed by atoms with Crippen molar-refractivity contribution >= 4 is 11.8 Å². The lowest BCUT2D eigenvalue weighted by atomic mass is 10.1. The van der Waals surface area contributed by atoms with Crippen LogP contribution in [0.4, 0.5) is 0 Å². The Labute approximate surface area is 98.5 Å². The highest BCUT2D eigenvalue weighted by Crippen LogP contribution is 2.37. The number of aliphatic hydroxyl groups is 1. The van der Waals surface area contributed by atoms with Gasteiger partial charge in [0.25, 0.3) is 5.56 Å². The fourth-order valence-electron chi connectivity index (χ4n) is 1.98. The van der Waals surface area contributed by atoms with Gasteiger partial charge < -0.3 is 10.1 Å². The van der Waals surface area contributed by atoms with Gasteiger partial charge in [-0.15, -0.1) is 0 Å². The maximum absolute atomic E-state index is 11.8. The van der Waals surface area contributed by atoms with Crippen LogP contribution in [0.2, 0.25) is 0 Å². The first kappa shape index (κ1) is 11.7. The Bertz CT molecular complexity index is 424. The van der Waals surface area contributed by atoms with Crippen molar-refractivity contribution in [2.45, 2.75) is 31.4 Å². The summed E-state index contributed by atoms with van der Waals surface area (Å²) in [5, 5.41) is 9.21. The predicted molar refractivity (Wildman–Crippen MR) is 64.8 cm³/mol. The van der Waals surface area contributed by atoms with Gasteiger partial charge >= 0.3 is 0 Å². The SMILES string of the molecule is Cc1nc(C2CCCS2)[nH]c(=O)c1CCO. The van der Waals surface area contributed by atoms with Gasteiger partial charge in [0, 0.05) is 24.3 Å². The van der Waals surface area contributed by atoms with Gasteiger partial charge in [-0.2, -0.15) is 11.8 Å². The van der Waals surface area contributed by atoms with E-state index >= 15 is 0 Å². The molecule has 1 aliphatic heterocycles. The van der Waals surface area contributed by atoms with E-state index in [-0.39, 0.29) is 12.2 Å². The fraction of sp³-hybridized carbons (Fsp3) is 0.636. The smallest absolute Gasteiger partial charge is 0.254 e. The first-order chi connectivity index (χ1) is 7.72. The second kappa shape index (κ2) is 5.01. The molecule has 1 aromatic rings. The molecule has 0 saturated carbocycles. The maximum Gasteiger partial charge on any atom is 0.254 e. The van der Waals surface area contributed by atoms with Gasteiger partial charge in [-0.1, -0.05) is 0 Å². The van der Waals surface area contributed by atoms with Crippen LogP contribution in [0.5, 0.6) is 0 Å². The van der Waals surface area contributed by atoms with E-state index in [1.807, 2.05) is 18.7 Å². The summed E-state index contributed by atoms with van der Waals surface area (Å²) in [4.78, 5) is 19.1. The Morgan fingerprint density at radius 3 is 3.00 bits per heavy atom. The molecule has 0 radical (unpaired) electrons. The van der Waals surface area contributed by atoms with Gasteiger partial charge in [-0.3, -0.25) is 4.79 Å². The topological polar surface area (TPSA) is 66.0 Å². The standard InChI is InChI=1S/C11H16N2O2S/c1-7-8(4-5-14)11(15)13-10(12-7)9-3-2-6-16-9/h9,14H,2-6H2,1H3,(H,12,13,15). The van der Waals surface area contributed by atoms with Gasteiger partial charge in [-0.05, 0) is 25.5 Å². The van der Waals surface area contributed by atoms with E-state index in [0.717, 1.165) is 23.7 Å². The Balaban J connectivity index is 2.32. The lowest BCUT2D eigenvalue weighted by molar-refractivity contribution is 0.298. The van der Waals surface area contributed by atoms with Crippen LogP contribution in [0.15, 0.2) is 4.79 Å². The molecule has 1 saturated heterocycles. The number of nitrogens with one attached hydrogen (secondary N) is 1. The molecule has 0 spiro atoms. The Kier molecular flexibility index (Phi) is 3.66. The molecule has 1 unspecified atom stereocenters. The van der Waals surface area contributed by atoms with Gasteiger partial charge in [0.05, 0.1) is 5.25 Å². The first-order valence-electron chi connectivity index (χ1n) is 5.54. The number of aryl methyl sites for hydroxylation is 1. The van der Waals surface area contributed by atoms with Gasteiger partial charge in [0.2, 0.25) is 0 Å². The van der Waals surface area contributed by atoms with Crippen LogP contribution in [0.25, 0.3) is 0 Å². The molecule has 16 heavy (non-hydrogen) atoms.